The van der Waals surface area contributed by atoms with Gasteiger partial charge in [0.05, 0.1) is 16.9 Å². The van der Waals surface area contributed by atoms with Crippen molar-refractivity contribution in [2.45, 2.75) is 6.92 Å². The lowest BCUT2D eigenvalue weighted by atomic mass is 9.58. The van der Waals surface area contributed by atoms with E-state index < -0.39 is 0 Å². The van der Waals surface area contributed by atoms with Crippen LogP contribution in [0.5, 0.6) is 0 Å². The fourth-order valence-corrected chi connectivity index (χ4v) is 9.91. The highest BCUT2D eigenvalue weighted by atomic mass is 16.3. The molecule has 0 spiro atoms. The Kier molecular flexibility index (Phi) is 7.97. The molecule has 4 heterocycles. The fraction of sp³-hybridized carbons (Fsp3) is 0.0714. The van der Waals surface area contributed by atoms with Crippen molar-refractivity contribution in [1.29, 1.82) is 0 Å². The SMILES string of the molecule is C=C1C=C(c2ccccc2)N(C)c2cc3c(cc21)[B]c1c(-c2cc4c(cc2Nc2ccc(N(C)C)cc2)oc2ccccc24)cc(C)c2c4cc(-c5ccccc5)ccc4n-3c12. The first-order valence-corrected chi connectivity index (χ1v) is 21.2. The van der Waals surface area contributed by atoms with Gasteiger partial charge in [-0.2, -0.15) is 0 Å². The van der Waals surface area contributed by atoms with Crippen molar-refractivity contribution in [1.82, 2.24) is 4.57 Å². The lowest BCUT2D eigenvalue weighted by Crippen LogP contribution is -2.38. The number of nitrogens with zero attached hydrogens (tertiary/aromatic N) is 3. The number of fused-ring (bicyclic) bond motifs is 9. The molecular formula is C56H42BN4O. The van der Waals surface area contributed by atoms with Crippen LogP contribution in [0, 0.1) is 6.92 Å². The summed E-state index contributed by atoms with van der Waals surface area (Å²) in [5.74, 6) is 0. The van der Waals surface area contributed by atoms with E-state index in [1.54, 1.807) is 0 Å². The van der Waals surface area contributed by atoms with Crippen LogP contribution in [-0.4, -0.2) is 33.0 Å². The van der Waals surface area contributed by atoms with Crippen molar-refractivity contribution in [3.8, 4) is 27.9 Å². The molecule has 0 saturated heterocycles. The quantitative estimate of drug-likeness (QED) is 0.170. The maximum absolute atomic E-state index is 6.52. The predicted octanol–water partition coefficient (Wildman–Crippen LogP) is 12.6. The highest BCUT2D eigenvalue weighted by molar-refractivity contribution is 6.73. The van der Waals surface area contributed by atoms with Crippen molar-refractivity contribution in [3.63, 3.8) is 0 Å². The van der Waals surface area contributed by atoms with E-state index in [0.29, 0.717) is 0 Å². The normalized spacial score (nSPS) is 13.1. The van der Waals surface area contributed by atoms with Crippen LogP contribution in [-0.2, 0) is 0 Å². The van der Waals surface area contributed by atoms with Gasteiger partial charge in [0.15, 0.2) is 7.28 Å². The van der Waals surface area contributed by atoms with Gasteiger partial charge in [-0.25, -0.2) is 0 Å². The molecule has 0 amide bonds. The number of allylic oxidation sites excluding steroid dienone is 2. The van der Waals surface area contributed by atoms with E-state index in [1.165, 1.54) is 49.5 Å². The second-order valence-electron chi connectivity index (χ2n) is 16.9. The van der Waals surface area contributed by atoms with Gasteiger partial charge in [-0.05, 0) is 106 Å². The lowest BCUT2D eigenvalue weighted by molar-refractivity contribution is 0.669. The van der Waals surface area contributed by atoms with Crippen molar-refractivity contribution in [3.05, 3.63) is 187 Å². The molecule has 2 aliphatic heterocycles. The molecule has 0 saturated carbocycles. The zero-order valence-corrected chi connectivity index (χ0v) is 35.1. The zero-order chi connectivity index (χ0) is 41.8. The minimum atomic E-state index is 0.850. The number of furan rings is 1. The van der Waals surface area contributed by atoms with Crippen LogP contribution in [0.25, 0.3) is 83.0 Å². The van der Waals surface area contributed by atoms with E-state index in [-0.39, 0.29) is 0 Å². The highest BCUT2D eigenvalue weighted by Crippen LogP contribution is 2.45. The van der Waals surface area contributed by atoms with Crippen LogP contribution in [0.2, 0.25) is 0 Å². The minimum Gasteiger partial charge on any atom is -0.456 e. The van der Waals surface area contributed by atoms with E-state index in [2.05, 4.69) is 219 Å². The van der Waals surface area contributed by atoms with Gasteiger partial charge in [0.1, 0.15) is 11.2 Å². The number of aryl methyl sites for hydroxylation is 1. The summed E-state index contributed by atoms with van der Waals surface area (Å²) in [5.41, 5.74) is 22.2. The maximum atomic E-state index is 6.52. The molecule has 62 heavy (non-hydrogen) atoms. The number of benzene rings is 8. The third kappa shape index (κ3) is 5.49. The van der Waals surface area contributed by atoms with E-state index in [1.807, 2.05) is 6.07 Å². The molecule has 0 atom stereocenters. The summed E-state index contributed by atoms with van der Waals surface area (Å²) in [6.07, 6.45) is 2.22. The van der Waals surface area contributed by atoms with E-state index in [0.717, 1.165) is 83.8 Å². The van der Waals surface area contributed by atoms with E-state index in [4.69, 9.17) is 4.42 Å². The molecule has 6 heteroatoms. The van der Waals surface area contributed by atoms with Crippen molar-refractivity contribution < 1.29 is 4.42 Å². The Labute approximate surface area is 361 Å². The average molecular weight is 798 g/mol. The number of rotatable bonds is 6. The molecule has 10 aromatic rings. The number of anilines is 4. The van der Waals surface area contributed by atoms with Gasteiger partial charge >= 0.3 is 0 Å². The first kappa shape index (κ1) is 36.2. The molecule has 5 nitrogen and oxygen atoms in total. The second-order valence-corrected chi connectivity index (χ2v) is 16.9. The Balaban J connectivity index is 1.13. The van der Waals surface area contributed by atoms with Crippen molar-refractivity contribution >= 4 is 96.0 Å². The van der Waals surface area contributed by atoms with Crippen LogP contribution >= 0.6 is 0 Å². The van der Waals surface area contributed by atoms with Gasteiger partial charge in [-0.1, -0.05) is 109 Å². The molecule has 12 rings (SSSR count). The fourth-order valence-electron chi connectivity index (χ4n) is 9.91. The van der Waals surface area contributed by atoms with Gasteiger partial charge in [0.2, 0.25) is 0 Å². The third-order valence-corrected chi connectivity index (χ3v) is 13.0. The standard InChI is InChI=1S/C56H42BN4O/c1-33-27-49(36-16-10-7-11-17-36)60(5)50-32-51-46(30-41(33)50)57-55-44(26-34(2)54-45-28-37(35-14-8-6-9-15-35)20-25-48(45)61(51)56(54)55)42-29-43-40-18-12-13-19-52(40)62-53(43)31-47(42)58-38-21-23-39(24-22-38)59(3)4/h6-32,58H,1H2,2-5H3. The zero-order valence-electron chi connectivity index (χ0n) is 35.1. The molecule has 0 fully saturated rings. The predicted molar refractivity (Wildman–Crippen MR) is 265 cm³/mol. The Hall–Kier alpha value is -7.70. The summed E-state index contributed by atoms with van der Waals surface area (Å²) in [4.78, 5) is 4.44. The number of hydrogen-bond acceptors (Lipinski definition) is 4. The molecule has 295 valence electrons. The Morgan fingerprint density at radius 2 is 1.37 bits per heavy atom. The highest BCUT2D eigenvalue weighted by Gasteiger charge is 2.31. The largest absolute Gasteiger partial charge is 0.456 e. The molecule has 2 aromatic heterocycles. The first-order chi connectivity index (χ1) is 30.3. The average Bonchev–Trinajstić information content (AvgIpc) is 3.85. The summed E-state index contributed by atoms with van der Waals surface area (Å²) >= 11 is 0. The van der Waals surface area contributed by atoms with Gasteiger partial charge < -0.3 is 24.1 Å². The number of nitrogens with one attached hydrogen (secondary N) is 1. The maximum Gasteiger partial charge on any atom is 0.197 e. The lowest BCUT2D eigenvalue weighted by Gasteiger charge is -2.33. The van der Waals surface area contributed by atoms with E-state index >= 15 is 0 Å². The first-order valence-electron chi connectivity index (χ1n) is 21.2. The third-order valence-electron chi connectivity index (χ3n) is 13.0. The van der Waals surface area contributed by atoms with Crippen LogP contribution in [0.3, 0.4) is 0 Å². The number of aromatic nitrogens is 1. The molecule has 0 aliphatic carbocycles. The van der Waals surface area contributed by atoms with Gasteiger partial charge in [0, 0.05) is 88.2 Å². The smallest absolute Gasteiger partial charge is 0.197 e. The van der Waals surface area contributed by atoms with Gasteiger partial charge in [0.25, 0.3) is 0 Å². The molecule has 1 N–H and O–H groups in total. The van der Waals surface area contributed by atoms with E-state index in [9.17, 15) is 0 Å². The van der Waals surface area contributed by atoms with Crippen LogP contribution in [0.15, 0.2) is 175 Å². The van der Waals surface area contributed by atoms with Crippen molar-refractivity contribution in [2.75, 3.05) is 36.3 Å². The van der Waals surface area contributed by atoms with Crippen LogP contribution < -0.4 is 26.0 Å². The summed E-state index contributed by atoms with van der Waals surface area (Å²) in [6.45, 7) is 6.90. The molecule has 8 aromatic carbocycles. The molecule has 2 aliphatic rings. The minimum absolute atomic E-state index is 0.850. The summed E-state index contributed by atoms with van der Waals surface area (Å²) in [6, 6.07) is 56.9. The number of hydrogen-bond donors (Lipinski definition) is 1. The molecule has 0 unspecified atom stereocenters. The number of para-hydroxylation sites is 1. The second kappa shape index (κ2) is 13.7. The van der Waals surface area contributed by atoms with Gasteiger partial charge in [-0.15, -0.1) is 0 Å². The van der Waals surface area contributed by atoms with Crippen molar-refractivity contribution in [2.24, 2.45) is 0 Å². The summed E-state index contributed by atoms with van der Waals surface area (Å²) in [7, 11) is 8.73. The van der Waals surface area contributed by atoms with Gasteiger partial charge in [-0.3, -0.25) is 0 Å². The Morgan fingerprint density at radius 3 is 2.15 bits per heavy atom. The Morgan fingerprint density at radius 1 is 0.629 bits per heavy atom. The summed E-state index contributed by atoms with van der Waals surface area (Å²) < 4.78 is 9.04. The molecule has 0 bridgehead atoms. The summed E-state index contributed by atoms with van der Waals surface area (Å²) in [5, 5.41) is 8.54. The Bertz CT molecular complexity index is 3520. The topological polar surface area (TPSA) is 36.6 Å². The molecular weight excluding hydrogens is 755 g/mol. The van der Waals surface area contributed by atoms with Crippen LogP contribution in [0.1, 0.15) is 16.7 Å². The molecule has 1 radical (unpaired) electrons. The van der Waals surface area contributed by atoms with Crippen LogP contribution in [0.4, 0.5) is 22.7 Å². The monoisotopic (exact) mass is 797 g/mol.